The second kappa shape index (κ2) is 10.2. The van der Waals surface area contributed by atoms with Crippen LogP contribution in [0.2, 0.25) is 0 Å². The fraction of sp³-hybridized carbons (Fsp3) is 0.296. The molecule has 4 heteroatoms. The Kier molecular flexibility index (Phi) is 6.88. The molecule has 3 aromatic carbocycles. The SMILES string of the molecule is COC(=O)CCc1ccc(COc2cccc3c2N(Cc2ccccc2)CCC3)cc1. The predicted octanol–water partition coefficient (Wildman–Crippen LogP) is 5.32. The van der Waals surface area contributed by atoms with Crippen molar-refractivity contribution in [3.63, 3.8) is 0 Å². The molecule has 0 atom stereocenters. The van der Waals surface area contributed by atoms with Crippen LogP contribution in [-0.4, -0.2) is 19.6 Å². The number of benzene rings is 3. The molecule has 0 saturated carbocycles. The first-order chi connectivity index (χ1) is 15.2. The highest BCUT2D eigenvalue weighted by atomic mass is 16.5. The minimum atomic E-state index is -0.179. The van der Waals surface area contributed by atoms with Crippen LogP contribution in [-0.2, 0) is 35.5 Å². The van der Waals surface area contributed by atoms with Crippen molar-refractivity contribution < 1.29 is 14.3 Å². The lowest BCUT2D eigenvalue weighted by molar-refractivity contribution is -0.140. The van der Waals surface area contributed by atoms with Crippen molar-refractivity contribution in [2.75, 3.05) is 18.6 Å². The maximum absolute atomic E-state index is 11.3. The Hall–Kier alpha value is -3.27. The van der Waals surface area contributed by atoms with Crippen LogP contribution in [0.25, 0.3) is 0 Å². The average molecular weight is 416 g/mol. The standard InChI is InChI=1S/C27H29NO3/c1-30-26(29)17-16-21-12-14-23(15-13-21)20-31-25-11-5-9-24-10-6-18-28(27(24)25)19-22-7-3-2-4-8-22/h2-5,7-9,11-15H,6,10,16-20H2,1H3. The molecule has 0 radical (unpaired) electrons. The van der Waals surface area contributed by atoms with Gasteiger partial charge >= 0.3 is 5.97 Å². The van der Waals surface area contributed by atoms with Gasteiger partial charge in [-0.1, -0.05) is 66.7 Å². The molecule has 0 amide bonds. The summed E-state index contributed by atoms with van der Waals surface area (Å²) < 4.78 is 11.0. The van der Waals surface area contributed by atoms with Crippen molar-refractivity contribution in [1.29, 1.82) is 0 Å². The third kappa shape index (κ3) is 5.46. The molecule has 3 aromatic rings. The molecule has 1 aliphatic heterocycles. The number of methoxy groups -OCH3 is 1. The maximum Gasteiger partial charge on any atom is 0.305 e. The highest BCUT2D eigenvalue weighted by Gasteiger charge is 2.21. The molecule has 160 valence electrons. The van der Waals surface area contributed by atoms with Crippen LogP contribution in [0.1, 0.15) is 35.1 Å². The number of esters is 1. The molecule has 0 unspecified atom stereocenters. The Morgan fingerprint density at radius 3 is 2.45 bits per heavy atom. The maximum atomic E-state index is 11.3. The van der Waals surface area contributed by atoms with Crippen molar-refractivity contribution in [1.82, 2.24) is 0 Å². The van der Waals surface area contributed by atoms with Crippen LogP contribution in [0.15, 0.2) is 72.8 Å². The molecular formula is C27H29NO3. The quantitative estimate of drug-likeness (QED) is 0.467. The van der Waals surface area contributed by atoms with Crippen molar-refractivity contribution in [3.8, 4) is 5.75 Å². The van der Waals surface area contributed by atoms with Crippen LogP contribution in [0, 0.1) is 0 Å². The van der Waals surface area contributed by atoms with Crippen molar-refractivity contribution in [3.05, 3.63) is 95.1 Å². The molecule has 0 aliphatic carbocycles. The van der Waals surface area contributed by atoms with E-state index in [1.54, 1.807) is 0 Å². The Balaban J connectivity index is 1.44. The second-order valence-corrected chi connectivity index (χ2v) is 7.96. The molecule has 0 bridgehead atoms. The average Bonchev–Trinajstić information content (AvgIpc) is 2.82. The summed E-state index contributed by atoms with van der Waals surface area (Å²) in [6.45, 7) is 2.45. The lowest BCUT2D eigenvalue weighted by Crippen LogP contribution is -2.29. The van der Waals surface area contributed by atoms with E-state index in [-0.39, 0.29) is 5.97 Å². The molecule has 1 heterocycles. The summed E-state index contributed by atoms with van der Waals surface area (Å²) >= 11 is 0. The fourth-order valence-corrected chi connectivity index (χ4v) is 4.09. The number of ether oxygens (including phenoxy) is 2. The largest absolute Gasteiger partial charge is 0.487 e. The van der Waals surface area contributed by atoms with Crippen LogP contribution >= 0.6 is 0 Å². The molecule has 31 heavy (non-hydrogen) atoms. The third-order valence-electron chi connectivity index (χ3n) is 5.75. The van der Waals surface area contributed by atoms with Gasteiger partial charge in [-0.2, -0.15) is 0 Å². The molecule has 0 fully saturated rings. The van der Waals surface area contributed by atoms with Gasteiger partial charge in [0.1, 0.15) is 12.4 Å². The van der Waals surface area contributed by atoms with Gasteiger partial charge in [0.25, 0.3) is 0 Å². The Morgan fingerprint density at radius 1 is 0.903 bits per heavy atom. The molecule has 0 aromatic heterocycles. The highest BCUT2D eigenvalue weighted by Crippen LogP contribution is 2.37. The summed E-state index contributed by atoms with van der Waals surface area (Å²) in [5.74, 6) is 0.768. The van der Waals surface area contributed by atoms with E-state index < -0.39 is 0 Å². The lowest BCUT2D eigenvalue weighted by atomic mass is 10.00. The van der Waals surface area contributed by atoms with E-state index >= 15 is 0 Å². The molecule has 4 nitrogen and oxygen atoms in total. The summed E-state index contributed by atoms with van der Waals surface area (Å²) in [7, 11) is 1.42. The first-order valence-electron chi connectivity index (χ1n) is 10.9. The minimum absolute atomic E-state index is 0.179. The van der Waals surface area contributed by atoms with E-state index in [4.69, 9.17) is 9.47 Å². The molecular weight excluding hydrogens is 386 g/mol. The Bertz CT molecular complexity index is 999. The van der Waals surface area contributed by atoms with Crippen molar-refractivity contribution in [2.24, 2.45) is 0 Å². The lowest BCUT2D eigenvalue weighted by Gasteiger charge is -2.33. The summed E-state index contributed by atoms with van der Waals surface area (Å²) in [5, 5.41) is 0. The van der Waals surface area contributed by atoms with Gasteiger partial charge in [0.05, 0.1) is 12.8 Å². The summed E-state index contributed by atoms with van der Waals surface area (Å²) in [6.07, 6.45) is 3.34. The number of nitrogens with zero attached hydrogens (tertiary/aromatic N) is 1. The van der Waals surface area contributed by atoms with Crippen LogP contribution in [0.3, 0.4) is 0 Å². The van der Waals surface area contributed by atoms with Gasteiger partial charge in [0, 0.05) is 19.5 Å². The van der Waals surface area contributed by atoms with Gasteiger partial charge < -0.3 is 14.4 Å². The monoisotopic (exact) mass is 415 g/mol. The van der Waals surface area contributed by atoms with E-state index in [9.17, 15) is 4.79 Å². The minimum Gasteiger partial charge on any atom is -0.487 e. The van der Waals surface area contributed by atoms with E-state index in [2.05, 4.69) is 77.7 Å². The van der Waals surface area contributed by atoms with Crippen molar-refractivity contribution in [2.45, 2.75) is 38.8 Å². The van der Waals surface area contributed by atoms with Gasteiger partial charge in [-0.15, -0.1) is 0 Å². The van der Waals surface area contributed by atoms with E-state index in [1.807, 2.05) is 0 Å². The predicted molar refractivity (Wildman–Crippen MR) is 123 cm³/mol. The molecule has 4 rings (SSSR count). The number of para-hydroxylation sites is 1. The smallest absolute Gasteiger partial charge is 0.305 e. The fourth-order valence-electron chi connectivity index (χ4n) is 4.09. The topological polar surface area (TPSA) is 38.8 Å². The zero-order valence-electron chi connectivity index (χ0n) is 18.0. The van der Waals surface area contributed by atoms with Gasteiger partial charge in [0.15, 0.2) is 0 Å². The van der Waals surface area contributed by atoms with Gasteiger partial charge in [-0.3, -0.25) is 4.79 Å². The number of anilines is 1. The summed E-state index contributed by atoms with van der Waals surface area (Å²) in [6, 6.07) is 25.3. The number of hydrogen-bond donors (Lipinski definition) is 0. The van der Waals surface area contributed by atoms with E-state index in [1.165, 1.54) is 23.9 Å². The molecule has 0 spiro atoms. The number of fused-ring (bicyclic) bond motifs is 1. The van der Waals surface area contributed by atoms with Crippen LogP contribution in [0.5, 0.6) is 5.75 Å². The Labute approximate surface area is 184 Å². The summed E-state index contributed by atoms with van der Waals surface area (Å²) in [4.78, 5) is 13.8. The zero-order chi connectivity index (χ0) is 21.5. The Morgan fingerprint density at radius 2 is 1.68 bits per heavy atom. The van der Waals surface area contributed by atoms with Gasteiger partial charge in [-0.25, -0.2) is 0 Å². The normalized spacial score (nSPS) is 12.9. The van der Waals surface area contributed by atoms with Crippen LogP contribution in [0.4, 0.5) is 5.69 Å². The van der Waals surface area contributed by atoms with Crippen LogP contribution < -0.4 is 9.64 Å². The number of carbonyl (C=O) groups is 1. The highest BCUT2D eigenvalue weighted by molar-refractivity contribution is 5.69. The van der Waals surface area contributed by atoms with Gasteiger partial charge in [-0.05, 0) is 47.6 Å². The molecule has 1 aliphatic rings. The number of aryl methyl sites for hydroxylation is 2. The van der Waals surface area contributed by atoms with E-state index in [0.29, 0.717) is 19.4 Å². The molecule has 0 N–H and O–H groups in total. The number of hydrogen-bond acceptors (Lipinski definition) is 4. The first kappa shape index (κ1) is 21.0. The number of carbonyl (C=O) groups excluding carboxylic acids is 1. The first-order valence-corrected chi connectivity index (χ1v) is 10.9. The summed E-state index contributed by atoms with van der Waals surface area (Å²) in [5.41, 5.74) is 6.14. The third-order valence-corrected chi connectivity index (χ3v) is 5.75. The molecule has 0 saturated heterocycles. The van der Waals surface area contributed by atoms with E-state index in [0.717, 1.165) is 42.8 Å². The van der Waals surface area contributed by atoms with Gasteiger partial charge in [0.2, 0.25) is 0 Å². The zero-order valence-corrected chi connectivity index (χ0v) is 18.0. The van der Waals surface area contributed by atoms with Crippen molar-refractivity contribution >= 4 is 11.7 Å². The second-order valence-electron chi connectivity index (χ2n) is 7.96. The number of rotatable bonds is 8.